The van der Waals surface area contributed by atoms with Crippen molar-refractivity contribution in [3.8, 4) is 0 Å². The zero-order valence-corrected chi connectivity index (χ0v) is 17.4. The number of hydrogen-bond acceptors (Lipinski definition) is 4. The topological polar surface area (TPSA) is 98.5 Å². The van der Waals surface area contributed by atoms with Gasteiger partial charge in [0.25, 0.3) is 5.91 Å². The smallest absolute Gasteiger partial charge is 0.265 e. The molecule has 0 atom stereocenters. The monoisotopic (exact) mass is 455 g/mol. The molecule has 10 heteroatoms. The van der Waals surface area contributed by atoms with E-state index in [0.29, 0.717) is 30.0 Å². The van der Waals surface area contributed by atoms with Crippen molar-refractivity contribution < 1.29 is 22.9 Å². The number of rotatable bonds is 5. The summed E-state index contributed by atoms with van der Waals surface area (Å²) >= 11 is 4.95. The molecule has 0 saturated carbocycles. The van der Waals surface area contributed by atoms with Crippen LogP contribution in [0.25, 0.3) is 0 Å². The molecule has 1 fully saturated rings. The van der Waals surface area contributed by atoms with Gasteiger partial charge in [0.15, 0.2) is 0 Å². The van der Waals surface area contributed by atoms with Gasteiger partial charge in [-0.2, -0.15) is 0 Å². The minimum atomic E-state index is -0.941. The Morgan fingerprint density at radius 3 is 2.47 bits per heavy atom. The van der Waals surface area contributed by atoms with Crippen molar-refractivity contribution in [2.75, 3.05) is 16.4 Å². The Labute approximate surface area is 180 Å². The molecular formula is C20H20ClF2N3O3S. The number of carbonyl (C=O) groups is 2. The summed E-state index contributed by atoms with van der Waals surface area (Å²) in [6.07, 6.45) is 0.907. The summed E-state index contributed by atoms with van der Waals surface area (Å²) in [5, 5.41) is -0.162. The molecule has 2 aromatic carbocycles. The minimum Gasteiger partial charge on any atom is -0.616 e. The molecule has 2 amide bonds. The average Bonchev–Trinajstić information content (AvgIpc) is 2.74. The van der Waals surface area contributed by atoms with Crippen molar-refractivity contribution >= 4 is 40.3 Å². The van der Waals surface area contributed by atoms with Crippen LogP contribution in [0.5, 0.6) is 0 Å². The third-order valence-electron chi connectivity index (χ3n) is 4.99. The van der Waals surface area contributed by atoms with E-state index in [1.54, 1.807) is 0 Å². The highest BCUT2D eigenvalue weighted by Crippen LogP contribution is 2.29. The van der Waals surface area contributed by atoms with Crippen molar-refractivity contribution in [2.45, 2.75) is 19.4 Å². The minimum absolute atomic E-state index is 0.0382. The van der Waals surface area contributed by atoms with Crippen LogP contribution in [0.15, 0.2) is 36.4 Å². The van der Waals surface area contributed by atoms with E-state index in [2.05, 4.69) is 0 Å². The summed E-state index contributed by atoms with van der Waals surface area (Å²) < 4.78 is 39.9. The molecule has 3 rings (SSSR count). The van der Waals surface area contributed by atoms with Gasteiger partial charge in [0, 0.05) is 35.6 Å². The third kappa shape index (κ3) is 5.10. The molecule has 1 heterocycles. The average molecular weight is 456 g/mol. The number of anilines is 1. The standard InChI is InChI=1S/C20H20ClF2N3O3S/c21-16-10-15(3-4-17(16)22)26(20(28)12-5-7-30(29)8-6-12)11-14-2-1-13(9-18(14)23)19(27)25-24/h1-4,9-10,12H,5-8,11,24H2,(H,25,27). The van der Waals surface area contributed by atoms with Crippen LogP contribution < -0.4 is 16.2 Å². The van der Waals surface area contributed by atoms with E-state index in [1.807, 2.05) is 5.43 Å². The van der Waals surface area contributed by atoms with Gasteiger partial charge in [0.2, 0.25) is 5.91 Å². The van der Waals surface area contributed by atoms with E-state index in [-0.39, 0.29) is 34.5 Å². The molecule has 1 aliphatic heterocycles. The van der Waals surface area contributed by atoms with E-state index < -0.39 is 28.7 Å². The Balaban J connectivity index is 1.92. The number of nitrogens with one attached hydrogen (secondary N) is 1. The van der Waals surface area contributed by atoms with Crippen LogP contribution in [-0.4, -0.2) is 27.9 Å². The summed E-state index contributed by atoms with van der Waals surface area (Å²) in [7, 11) is 0. The Bertz CT molecular complexity index is 955. The Hall–Kier alpha value is -2.20. The van der Waals surface area contributed by atoms with Gasteiger partial charge in [-0.05, 0) is 30.3 Å². The van der Waals surface area contributed by atoms with Gasteiger partial charge >= 0.3 is 0 Å². The maximum atomic E-state index is 14.6. The van der Waals surface area contributed by atoms with Gasteiger partial charge in [0.05, 0.1) is 11.6 Å². The highest BCUT2D eigenvalue weighted by Gasteiger charge is 2.32. The highest BCUT2D eigenvalue weighted by molar-refractivity contribution is 7.91. The van der Waals surface area contributed by atoms with Crippen LogP contribution in [0.3, 0.4) is 0 Å². The lowest BCUT2D eigenvalue weighted by atomic mass is 10.00. The fraction of sp³-hybridized carbons (Fsp3) is 0.300. The number of carbonyl (C=O) groups excluding carboxylic acids is 2. The first kappa shape index (κ1) is 22.5. The summed E-state index contributed by atoms with van der Waals surface area (Å²) in [4.78, 5) is 26.2. The maximum absolute atomic E-state index is 14.6. The molecule has 3 N–H and O–H groups in total. The second kappa shape index (κ2) is 9.74. The zero-order valence-electron chi connectivity index (χ0n) is 15.9. The lowest BCUT2D eigenvalue weighted by Crippen LogP contribution is -2.39. The summed E-state index contributed by atoms with van der Waals surface area (Å²) in [5.41, 5.74) is 2.45. The van der Waals surface area contributed by atoms with Crippen molar-refractivity contribution in [3.05, 3.63) is 64.2 Å². The second-order valence-corrected chi connectivity index (χ2v) is 9.03. The predicted octanol–water partition coefficient (Wildman–Crippen LogP) is 2.91. The van der Waals surface area contributed by atoms with E-state index in [0.717, 1.165) is 12.1 Å². The van der Waals surface area contributed by atoms with Crippen molar-refractivity contribution in [1.29, 1.82) is 0 Å². The molecule has 0 unspecified atom stereocenters. The molecule has 0 aromatic heterocycles. The SMILES string of the molecule is NNC(=O)c1ccc(CN(C(=O)C2CC[S+]([O-])CC2)c2ccc(F)c(Cl)c2)c(F)c1. The summed E-state index contributed by atoms with van der Waals surface area (Å²) in [5.74, 6) is 3.29. The summed E-state index contributed by atoms with van der Waals surface area (Å²) in [6, 6.07) is 7.66. The van der Waals surface area contributed by atoms with Gasteiger partial charge in [-0.15, -0.1) is 0 Å². The fourth-order valence-corrected chi connectivity index (χ4v) is 4.75. The van der Waals surface area contributed by atoms with Crippen LogP contribution in [0.4, 0.5) is 14.5 Å². The number of hydrazine groups is 1. The van der Waals surface area contributed by atoms with Crippen molar-refractivity contribution in [3.63, 3.8) is 0 Å². The zero-order chi connectivity index (χ0) is 21.8. The van der Waals surface area contributed by atoms with E-state index in [4.69, 9.17) is 17.4 Å². The number of nitrogen functional groups attached to an aromatic ring is 1. The molecule has 2 aromatic rings. The fourth-order valence-electron chi connectivity index (χ4n) is 3.28. The molecule has 30 heavy (non-hydrogen) atoms. The number of benzene rings is 2. The lowest BCUT2D eigenvalue weighted by Gasteiger charge is -2.30. The Kier molecular flexibility index (Phi) is 7.30. The van der Waals surface area contributed by atoms with Crippen molar-refractivity contribution in [2.24, 2.45) is 11.8 Å². The Morgan fingerprint density at radius 2 is 1.87 bits per heavy atom. The van der Waals surface area contributed by atoms with Crippen LogP contribution >= 0.6 is 11.6 Å². The van der Waals surface area contributed by atoms with Gasteiger partial charge < -0.3 is 9.45 Å². The van der Waals surface area contributed by atoms with E-state index in [1.165, 1.54) is 29.2 Å². The highest BCUT2D eigenvalue weighted by atomic mass is 35.5. The Morgan fingerprint density at radius 1 is 1.17 bits per heavy atom. The van der Waals surface area contributed by atoms with Crippen molar-refractivity contribution in [1.82, 2.24) is 5.43 Å². The molecule has 1 saturated heterocycles. The maximum Gasteiger partial charge on any atom is 0.265 e. The van der Waals surface area contributed by atoms with Gasteiger partial charge in [-0.1, -0.05) is 28.8 Å². The molecule has 0 aliphatic carbocycles. The quantitative estimate of drug-likeness (QED) is 0.313. The molecule has 160 valence electrons. The molecule has 6 nitrogen and oxygen atoms in total. The molecule has 0 bridgehead atoms. The van der Waals surface area contributed by atoms with Crippen LogP contribution in [-0.2, 0) is 22.5 Å². The van der Waals surface area contributed by atoms with Crippen LogP contribution in [0.1, 0.15) is 28.8 Å². The van der Waals surface area contributed by atoms with Crippen LogP contribution in [0, 0.1) is 17.6 Å². The van der Waals surface area contributed by atoms with E-state index in [9.17, 15) is 22.9 Å². The number of nitrogens with two attached hydrogens (primary N) is 1. The lowest BCUT2D eigenvalue weighted by molar-refractivity contribution is -0.122. The predicted molar refractivity (Wildman–Crippen MR) is 111 cm³/mol. The van der Waals surface area contributed by atoms with Gasteiger partial charge in [-0.3, -0.25) is 15.0 Å². The first-order valence-electron chi connectivity index (χ1n) is 9.21. The largest absolute Gasteiger partial charge is 0.616 e. The summed E-state index contributed by atoms with van der Waals surface area (Å²) in [6.45, 7) is -0.142. The number of amides is 2. The van der Waals surface area contributed by atoms with Gasteiger partial charge in [-0.25, -0.2) is 14.6 Å². The normalized spacial score (nSPS) is 18.7. The van der Waals surface area contributed by atoms with E-state index >= 15 is 0 Å². The van der Waals surface area contributed by atoms with Crippen LogP contribution in [0.2, 0.25) is 5.02 Å². The molecule has 1 aliphatic rings. The first-order chi connectivity index (χ1) is 14.3. The molecule has 0 radical (unpaired) electrons. The second-order valence-electron chi connectivity index (χ2n) is 6.92. The number of hydrogen-bond donors (Lipinski definition) is 2. The number of nitrogens with zero attached hydrogens (tertiary/aromatic N) is 1. The van der Waals surface area contributed by atoms with Gasteiger partial charge in [0.1, 0.15) is 23.1 Å². The molecule has 0 spiro atoms. The third-order valence-corrected chi connectivity index (χ3v) is 6.66. The first-order valence-corrected chi connectivity index (χ1v) is 11.1. The number of halogens is 3. The molecular weight excluding hydrogens is 436 g/mol.